The number of rotatable bonds is 3. The number of esters is 1. The van der Waals surface area contributed by atoms with Crippen molar-refractivity contribution in [1.82, 2.24) is 9.78 Å². The van der Waals surface area contributed by atoms with Gasteiger partial charge in [0.2, 0.25) is 0 Å². The van der Waals surface area contributed by atoms with E-state index in [2.05, 4.69) is 5.10 Å². The number of ketones is 1. The molecule has 0 aliphatic heterocycles. The summed E-state index contributed by atoms with van der Waals surface area (Å²) >= 11 is 0. The normalized spacial score (nSPS) is 13.1. The summed E-state index contributed by atoms with van der Waals surface area (Å²) in [4.78, 5) is 23.8. The third-order valence-corrected chi connectivity index (χ3v) is 3.54. The first-order valence-corrected chi connectivity index (χ1v) is 6.53. The van der Waals surface area contributed by atoms with Gasteiger partial charge in [-0.3, -0.25) is 4.79 Å². The van der Waals surface area contributed by atoms with Crippen molar-refractivity contribution in [3.63, 3.8) is 0 Å². The lowest BCUT2D eigenvalue weighted by molar-refractivity contribution is 0.0590. The molecule has 0 radical (unpaired) electrons. The van der Waals surface area contributed by atoms with Crippen molar-refractivity contribution < 1.29 is 19.1 Å². The van der Waals surface area contributed by atoms with Gasteiger partial charge in [0, 0.05) is 6.42 Å². The van der Waals surface area contributed by atoms with Gasteiger partial charge in [-0.1, -0.05) is 0 Å². The molecule has 0 saturated carbocycles. The summed E-state index contributed by atoms with van der Waals surface area (Å²) in [6.07, 6.45) is 0.970. The molecular formula is C15H14N2O4. The predicted octanol–water partition coefficient (Wildman–Crippen LogP) is 1.80. The Hall–Kier alpha value is -2.63. The number of ether oxygens (including phenoxy) is 2. The van der Waals surface area contributed by atoms with Crippen molar-refractivity contribution in [1.29, 1.82) is 0 Å². The number of hydrogen-bond donors (Lipinski definition) is 0. The van der Waals surface area contributed by atoms with E-state index in [0.29, 0.717) is 18.4 Å². The second kappa shape index (κ2) is 5.05. The molecule has 2 aromatic rings. The van der Waals surface area contributed by atoms with Crippen LogP contribution in [0.5, 0.6) is 5.75 Å². The van der Waals surface area contributed by atoms with E-state index in [9.17, 15) is 9.59 Å². The van der Waals surface area contributed by atoms with Crippen LogP contribution in [0.3, 0.4) is 0 Å². The lowest BCUT2D eigenvalue weighted by atomic mass is 10.2. The number of carbonyl (C=O) groups excluding carboxylic acids is 2. The first kappa shape index (κ1) is 13.4. The zero-order valence-electron chi connectivity index (χ0n) is 11.8. The van der Waals surface area contributed by atoms with Gasteiger partial charge in [0.25, 0.3) is 0 Å². The van der Waals surface area contributed by atoms with Crippen LogP contribution < -0.4 is 4.74 Å². The molecule has 0 N–H and O–H groups in total. The average molecular weight is 286 g/mol. The van der Waals surface area contributed by atoms with Gasteiger partial charge in [-0.05, 0) is 30.7 Å². The standard InChI is InChI=1S/C15H14N2O4/c1-20-10-5-3-9(4-6-10)17-11-7-8-12(18)13(11)14(16-17)15(19)21-2/h3-6H,7-8H2,1-2H3. The fourth-order valence-corrected chi connectivity index (χ4v) is 2.51. The molecule has 0 fully saturated rings. The largest absolute Gasteiger partial charge is 0.497 e. The lowest BCUT2D eigenvalue weighted by Crippen LogP contribution is -2.08. The van der Waals surface area contributed by atoms with Gasteiger partial charge >= 0.3 is 5.97 Å². The van der Waals surface area contributed by atoms with Crippen LogP contribution >= 0.6 is 0 Å². The Morgan fingerprint density at radius 3 is 2.52 bits per heavy atom. The summed E-state index contributed by atoms with van der Waals surface area (Å²) in [5.74, 6) is 0.0748. The van der Waals surface area contributed by atoms with Crippen molar-refractivity contribution in [2.45, 2.75) is 12.8 Å². The minimum atomic E-state index is -0.589. The van der Waals surface area contributed by atoms with Crippen LogP contribution in [0.2, 0.25) is 0 Å². The molecular weight excluding hydrogens is 272 g/mol. The quantitative estimate of drug-likeness (QED) is 0.805. The summed E-state index contributed by atoms with van der Waals surface area (Å²) in [5.41, 5.74) is 2.01. The first-order valence-electron chi connectivity index (χ1n) is 6.53. The molecule has 6 nitrogen and oxygen atoms in total. The highest BCUT2D eigenvalue weighted by Crippen LogP contribution is 2.28. The molecule has 0 atom stereocenters. The van der Waals surface area contributed by atoms with Crippen LogP contribution in [0.4, 0.5) is 0 Å². The molecule has 0 spiro atoms. The SMILES string of the molecule is COC(=O)c1nn(-c2ccc(OC)cc2)c2c1C(=O)CC2. The fraction of sp³-hybridized carbons (Fsp3) is 0.267. The number of hydrogen-bond acceptors (Lipinski definition) is 5. The highest BCUT2D eigenvalue weighted by Gasteiger charge is 2.33. The monoisotopic (exact) mass is 286 g/mol. The Balaban J connectivity index is 2.13. The van der Waals surface area contributed by atoms with E-state index in [1.54, 1.807) is 23.9 Å². The number of carbonyl (C=O) groups is 2. The highest BCUT2D eigenvalue weighted by molar-refractivity contribution is 6.08. The van der Waals surface area contributed by atoms with Gasteiger partial charge in [0.15, 0.2) is 11.5 Å². The molecule has 1 aliphatic carbocycles. The average Bonchev–Trinajstić information content (AvgIpc) is 3.08. The molecule has 1 heterocycles. The third kappa shape index (κ3) is 2.08. The fourth-order valence-electron chi connectivity index (χ4n) is 2.51. The molecule has 0 bridgehead atoms. The van der Waals surface area contributed by atoms with Crippen molar-refractivity contribution in [3.05, 3.63) is 41.2 Å². The Labute approximate surface area is 121 Å². The summed E-state index contributed by atoms with van der Waals surface area (Å²) < 4.78 is 11.5. The van der Waals surface area contributed by atoms with Crippen LogP contribution in [0.1, 0.15) is 33.0 Å². The van der Waals surface area contributed by atoms with Crippen LogP contribution in [-0.2, 0) is 11.2 Å². The van der Waals surface area contributed by atoms with E-state index >= 15 is 0 Å². The molecule has 0 unspecified atom stereocenters. The summed E-state index contributed by atoms with van der Waals surface area (Å²) in [6, 6.07) is 7.27. The highest BCUT2D eigenvalue weighted by atomic mass is 16.5. The molecule has 6 heteroatoms. The van der Waals surface area contributed by atoms with Gasteiger partial charge in [0.1, 0.15) is 5.75 Å². The van der Waals surface area contributed by atoms with Crippen molar-refractivity contribution in [2.24, 2.45) is 0 Å². The van der Waals surface area contributed by atoms with Crippen molar-refractivity contribution in [2.75, 3.05) is 14.2 Å². The first-order chi connectivity index (χ1) is 10.2. The van der Waals surface area contributed by atoms with E-state index < -0.39 is 5.97 Å². The Morgan fingerprint density at radius 2 is 1.90 bits per heavy atom. The molecule has 108 valence electrons. The Bertz CT molecular complexity index is 716. The number of benzene rings is 1. The number of Topliss-reactive ketones (excluding diaryl/α,β-unsaturated/α-hetero) is 1. The van der Waals surface area contributed by atoms with E-state index in [1.807, 2.05) is 12.1 Å². The second-order valence-electron chi connectivity index (χ2n) is 4.69. The van der Waals surface area contributed by atoms with Gasteiger partial charge in [-0.25, -0.2) is 9.48 Å². The minimum absolute atomic E-state index is 0.0647. The van der Waals surface area contributed by atoms with Crippen molar-refractivity contribution in [3.8, 4) is 11.4 Å². The molecule has 0 amide bonds. The molecule has 1 aliphatic rings. The molecule has 3 rings (SSSR count). The van der Waals surface area contributed by atoms with Crippen LogP contribution in [0, 0.1) is 0 Å². The molecule has 1 aromatic heterocycles. The Kier molecular flexibility index (Phi) is 3.21. The van der Waals surface area contributed by atoms with E-state index in [1.165, 1.54) is 7.11 Å². The zero-order chi connectivity index (χ0) is 15.0. The van der Waals surface area contributed by atoms with Crippen molar-refractivity contribution >= 4 is 11.8 Å². The number of fused-ring (bicyclic) bond motifs is 1. The van der Waals surface area contributed by atoms with Gasteiger partial charge in [-0.15, -0.1) is 0 Å². The maximum absolute atomic E-state index is 12.0. The van der Waals surface area contributed by atoms with Gasteiger partial charge in [-0.2, -0.15) is 5.10 Å². The van der Waals surface area contributed by atoms with Crippen LogP contribution in [0.15, 0.2) is 24.3 Å². The lowest BCUT2D eigenvalue weighted by Gasteiger charge is -2.06. The number of aromatic nitrogens is 2. The zero-order valence-corrected chi connectivity index (χ0v) is 11.8. The minimum Gasteiger partial charge on any atom is -0.497 e. The predicted molar refractivity (Wildman–Crippen MR) is 74.1 cm³/mol. The van der Waals surface area contributed by atoms with Gasteiger partial charge < -0.3 is 9.47 Å². The summed E-state index contributed by atoms with van der Waals surface area (Å²) in [6.45, 7) is 0. The van der Waals surface area contributed by atoms with Gasteiger partial charge in [0.05, 0.1) is 31.2 Å². The van der Waals surface area contributed by atoms with E-state index in [4.69, 9.17) is 9.47 Å². The van der Waals surface area contributed by atoms with Crippen LogP contribution in [0.25, 0.3) is 5.69 Å². The summed E-state index contributed by atoms with van der Waals surface area (Å²) in [5, 5.41) is 4.26. The maximum atomic E-state index is 12.0. The summed E-state index contributed by atoms with van der Waals surface area (Å²) in [7, 11) is 2.87. The van der Waals surface area contributed by atoms with Crippen LogP contribution in [-0.4, -0.2) is 35.8 Å². The van der Waals surface area contributed by atoms with E-state index in [-0.39, 0.29) is 11.5 Å². The third-order valence-electron chi connectivity index (χ3n) is 3.54. The maximum Gasteiger partial charge on any atom is 0.359 e. The molecule has 21 heavy (non-hydrogen) atoms. The Morgan fingerprint density at radius 1 is 1.19 bits per heavy atom. The second-order valence-corrected chi connectivity index (χ2v) is 4.69. The smallest absolute Gasteiger partial charge is 0.359 e. The number of methoxy groups -OCH3 is 2. The topological polar surface area (TPSA) is 70.4 Å². The molecule has 0 saturated heterocycles. The molecule has 1 aromatic carbocycles. The number of nitrogens with zero attached hydrogens (tertiary/aromatic N) is 2. The van der Waals surface area contributed by atoms with E-state index in [0.717, 1.165) is 17.1 Å².